The van der Waals surface area contributed by atoms with E-state index in [0.29, 0.717) is 12.5 Å². The van der Waals surface area contributed by atoms with Gasteiger partial charge in [-0.05, 0) is 30.9 Å². The first-order chi connectivity index (χ1) is 9.09. The third kappa shape index (κ3) is 3.35. The van der Waals surface area contributed by atoms with Gasteiger partial charge in [-0.3, -0.25) is 4.79 Å². The van der Waals surface area contributed by atoms with Gasteiger partial charge in [-0.2, -0.15) is 0 Å². The SMILES string of the molecule is Cc1ccccc1C(C)CC(=O)N1CCNCC1C. The molecule has 0 aliphatic carbocycles. The number of carbonyl (C=O) groups excluding carboxylic acids is 1. The topological polar surface area (TPSA) is 32.3 Å². The minimum Gasteiger partial charge on any atom is -0.337 e. The fraction of sp³-hybridized carbons (Fsp3) is 0.562. The van der Waals surface area contributed by atoms with Gasteiger partial charge in [-0.1, -0.05) is 31.2 Å². The van der Waals surface area contributed by atoms with Gasteiger partial charge >= 0.3 is 0 Å². The standard InChI is InChI=1S/C16H24N2O/c1-12-6-4-5-7-15(12)13(2)10-16(19)18-9-8-17-11-14(18)3/h4-7,13-14,17H,8-11H2,1-3H3. The molecule has 3 heteroatoms. The minimum atomic E-state index is 0.282. The van der Waals surface area contributed by atoms with E-state index in [4.69, 9.17) is 0 Å². The molecule has 1 N–H and O–H groups in total. The van der Waals surface area contributed by atoms with Crippen LogP contribution in [0.15, 0.2) is 24.3 Å². The molecule has 2 unspecified atom stereocenters. The number of carbonyl (C=O) groups is 1. The van der Waals surface area contributed by atoms with Gasteiger partial charge in [0.2, 0.25) is 5.91 Å². The zero-order chi connectivity index (χ0) is 13.8. The first-order valence-corrected chi connectivity index (χ1v) is 7.15. The second kappa shape index (κ2) is 6.20. The summed E-state index contributed by atoms with van der Waals surface area (Å²) >= 11 is 0. The zero-order valence-corrected chi connectivity index (χ0v) is 12.1. The maximum Gasteiger partial charge on any atom is 0.223 e. The Bertz CT molecular complexity index is 444. The van der Waals surface area contributed by atoms with E-state index in [9.17, 15) is 4.79 Å². The molecule has 0 bridgehead atoms. The molecule has 1 aliphatic rings. The fourth-order valence-electron chi connectivity index (χ4n) is 2.84. The van der Waals surface area contributed by atoms with E-state index in [2.05, 4.69) is 44.3 Å². The number of piperazine rings is 1. The van der Waals surface area contributed by atoms with Crippen molar-refractivity contribution in [2.45, 2.75) is 39.2 Å². The normalized spacial score (nSPS) is 21.2. The first kappa shape index (κ1) is 14.1. The molecule has 1 heterocycles. The smallest absolute Gasteiger partial charge is 0.223 e. The van der Waals surface area contributed by atoms with Gasteiger partial charge in [0.1, 0.15) is 0 Å². The Kier molecular flexibility index (Phi) is 4.59. The van der Waals surface area contributed by atoms with Crippen molar-refractivity contribution in [2.75, 3.05) is 19.6 Å². The largest absolute Gasteiger partial charge is 0.337 e. The Morgan fingerprint density at radius 1 is 1.47 bits per heavy atom. The van der Waals surface area contributed by atoms with Gasteiger partial charge in [0, 0.05) is 32.1 Å². The van der Waals surface area contributed by atoms with Gasteiger partial charge in [0.05, 0.1) is 0 Å². The lowest BCUT2D eigenvalue weighted by atomic mass is 9.93. The van der Waals surface area contributed by atoms with Crippen LogP contribution in [0.3, 0.4) is 0 Å². The molecule has 1 aromatic carbocycles. The van der Waals surface area contributed by atoms with Gasteiger partial charge in [0.15, 0.2) is 0 Å². The van der Waals surface area contributed by atoms with Gasteiger partial charge < -0.3 is 10.2 Å². The molecule has 0 aromatic heterocycles. The summed E-state index contributed by atoms with van der Waals surface area (Å²) in [5, 5.41) is 3.32. The van der Waals surface area contributed by atoms with Crippen LogP contribution in [0, 0.1) is 6.92 Å². The summed E-state index contributed by atoms with van der Waals surface area (Å²) in [6, 6.07) is 8.66. The monoisotopic (exact) mass is 260 g/mol. The number of rotatable bonds is 3. The second-order valence-corrected chi connectivity index (χ2v) is 5.60. The lowest BCUT2D eigenvalue weighted by Gasteiger charge is -2.34. The Hall–Kier alpha value is -1.35. The van der Waals surface area contributed by atoms with E-state index in [1.807, 2.05) is 11.0 Å². The molecule has 1 fully saturated rings. The molecule has 2 rings (SSSR count). The summed E-state index contributed by atoms with van der Waals surface area (Å²) in [6.07, 6.45) is 0.606. The third-order valence-corrected chi connectivity index (χ3v) is 4.02. The van der Waals surface area contributed by atoms with Crippen molar-refractivity contribution in [1.82, 2.24) is 10.2 Å². The highest BCUT2D eigenvalue weighted by atomic mass is 16.2. The highest BCUT2D eigenvalue weighted by Crippen LogP contribution is 2.23. The summed E-state index contributed by atoms with van der Waals surface area (Å²) in [5.41, 5.74) is 2.56. The number of aryl methyl sites for hydroxylation is 1. The third-order valence-electron chi connectivity index (χ3n) is 4.02. The molecule has 104 valence electrons. The minimum absolute atomic E-state index is 0.282. The molecule has 1 amide bonds. The van der Waals surface area contributed by atoms with Crippen LogP contribution in [-0.4, -0.2) is 36.5 Å². The van der Waals surface area contributed by atoms with Gasteiger partial charge in [0.25, 0.3) is 0 Å². The summed E-state index contributed by atoms with van der Waals surface area (Å²) in [4.78, 5) is 14.4. The van der Waals surface area contributed by atoms with Crippen molar-refractivity contribution in [1.29, 1.82) is 0 Å². The number of benzene rings is 1. The van der Waals surface area contributed by atoms with E-state index >= 15 is 0 Å². The van der Waals surface area contributed by atoms with E-state index < -0.39 is 0 Å². The quantitative estimate of drug-likeness (QED) is 0.904. The fourth-order valence-corrected chi connectivity index (χ4v) is 2.84. The molecule has 1 aromatic rings. The van der Waals surface area contributed by atoms with Crippen LogP contribution in [0.5, 0.6) is 0 Å². The van der Waals surface area contributed by atoms with Crippen LogP contribution in [0.1, 0.15) is 37.3 Å². The lowest BCUT2D eigenvalue weighted by Crippen LogP contribution is -2.52. The Morgan fingerprint density at radius 2 is 2.21 bits per heavy atom. The molecule has 19 heavy (non-hydrogen) atoms. The predicted molar refractivity (Wildman–Crippen MR) is 78.3 cm³/mol. The highest BCUT2D eigenvalue weighted by molar-refractivity contribution is 5.77. The molecule has 0 spiro atoms. The molecular formula is C16H24N2O. The molecule has 2 atom stereocenters. The van der Waals surface area contributed by atoms with Crippen molar-refractivity contribution in [3.63, 3.8) is 0 Å². The Morgan fingerprint density at radius 3 is 2.89 bits per heavy atom. The van der Waals surface area contributed by atoms with E-state index in [-0.39, 0.29) is 11.8 Å². The van der Waals surface area contributed by atoms with Crippen LogP contribution in [-0.2, 0) is 4.79 Å². The summed E-state index contributed by atoms with van der Waals surface area (Å²) in [6.45, 7) is 9.03. The second-order valence-electron chi connectivity index (χ2n) is 5.60. The van der Waals surface area contributed by atoms with E-state index in [0.717, 1.165) is 19.6 Å². The number of nitrogens with zero attached hydrogens (tertiary/aromatic N) is 1. The van der Waals surface area contributed by atoms with Crippen molar-refractivity contribution in [2.24, 2.45) is 0 Å². The molecule has 1 saturated heterocycles. The average Bonchev–Trinajstić information content (AvgIpc) is 2.39. The van der Waals surface area contributed by atoms with Crippen molar-refractivity contribution >= 4 is 5.91 Å². The number of hydrogen-bond acceptors (Lipinski definition) is 2. The average molecular weight is 260 g/mol. The Labute approximate surface area is 116 Å². The van der Waals surface area contributed by atoms with Gasteiger partial charge in [-0.25, -0.2) is 0 Å². The van der Waals surface area contributed by atoms with E-state index in [1.54, 1.807) is 0 Å². The van der Waals surface area contributed by atoms with Crippen LogP contribution in [0.2, 0.25) is 0 Å². The molecule has 3 nitrogen and oxygen atoms in total. The van der Waals surface area contributed by atoms with Crippen LogP contribution >= 0.6 is 0 Å². The highest BCUT2D eigenvalue weighted by Gasteiger charge is 2.24. The van der Waals surface area contributed by atoms with Crippen LogP contribution in [0.4, 0.5) is 0 Å². The van der Waals surface area contributed by atoms with Crippen molar-refractivity contribution in [3.8, 4) is 0 Å². The predicted octanol–water partition coefficient (Wildman–Crippen LogP) is 2.31. The zero-order valence-electron chi connectivity index (χ0n) is 12.1. The number of nitrogens with one attached hydrogen (secondary N) is 1. The molecule has 1 aliphatic heterocycles. The number of hydrogen-bond donors (Lipinski definition) is 1. The van der Waals surface area contributed by atoms with Crippen molar-refractivity contribution < 1.29 is 4.79 Å². The van der Waals surface area contributed by atoms with E-state index in [1.165, 1.54) is 11.1 Å². The number of amides is 1. The summed E-state index contributed by atoms with van der Waals surface area (Å²) in [5.74, 6) is 0.570. The first-order valence-electron chi connectivity index (χ1n) is 7.15. The van der Waals surface area contributed by atoms with Crippen LogP contribution in [0.25, 0.3) is 0 Å². The lowest BCUT2D eigenvalue weighted by molar-refractivity contribution is -0.134. The van der Waals surface area contributed by atoms with Gasteiger partial charge in [-0.15, -0.1) is 0 Å². The summed E-state index contributed by atoms with van der Waals surface area (Å²) in [7, 11) is 0. The maximum absolute atomic E-state index is 12.4. The molecule has 0 saturated carbocycles. The summed E-state index contributed by atoms with van der Waals surface area (Å²) < 4.78 is 0. The molecular weight excluding hydrogens is 236 g/mol. The Balaban J connectivity index is 2.00. The maximum atomic E-state index is 12.4. The van der Waals surface area contributed by atoms with Crippen molar-refractivity contribution in [3.05, 3.63) is 35.4 Å². The molecule has 0 radical (unpaired) electrons. The van der Waals surface area contributed by atoms with Crippen LogP contribution < -0.4 is 5.32 Å².